The van der Waals surface area contributed by atoms with E-state index in [2.05, 4.69) is 26.9 Å². The first kappa shape index (κ1) is 23.4. The summed E-state index contributed by atoms with van der Waals surface area (Å²) in [5.41, 5.74) is 10.4. The quantitative estimate of drug-likeness (QED) is 0.358. The molecule has 0 fully saturated rings. The average Bonchev–Trinajstić information content (AvgIpc) is 3.19. The molecule has 1 amide bonds. The van der Waals surface area contributed by atoms with Crippen molar-refractivity contribution in [3.05, 3.63) is 107 Å². The second-order valence-corrected chi connectivity index (χ2v) is 8.16. The highest BCUT2D eigenvalue weighted by atomic mass is 16.2. The van der Waals surface area contributed by atoms with Gasteiger partial charge in [0.2, 0.25) is 0 Å². The minimum Gasteiger partial charge on any atom is -0.403 e. The van der Waals surface area contributed by atoms with Crippen molar-refractivity contribution >= 4 is 23.2 Å². The van der Waals surface area contributed by atoms with E-state index in [4.69, 9.17) is 5.73 Å². The molecule has 4 aromatic rings. The Hall–Kier alpha value is -4.72. The molecule has 8 nitrogen and oxygen atoms in total. The second kappa shape index (κ2) is 10.0. The number of hydrogen-bond acceptors (Lipinski definition) is 5. The van der Waals surface area contributed by atoms with Crippen molar-refractivity contribution in [1.29, 1.82) is 0 Å². The molecule has 4 N–H and O–H groups in total. The molecule has 0 aliphatic rings. The number of rotatable bonds is 7. The third kappa shape index (κ3) is 5.11. The van der Waals surface area contributed by atoms with Crippen LogP contribution in [0.4, 0.5) is 0 Å². The number of nitrogens with one attached hydrogen (secondary N) is 2. The lowest BCUT2D eigenvalue weighted by Gasteiger charge is -2.15. The van der Waals surface area contributed by atoms with Gasteiger partial charge in [0, 0.05) is 35.9 Å². The van der Waals surface area contributed by atoms with Crippen molar-refractivity contribution in [2.45, 2.75) is 19.9 Å². The van der Waals surface area contributed by atoms with E-state index >= 15 is 0 Å². The summed E-state index contributed by atoms with van der Waals surface area (Å²) in [6.07, 6.45) is 6.05. The molecule has 1 unspecified atom stereocenters. The number of hydrogen-bond donors (Lipinski definition) is 3. The van der Waals surface area contributed by atoms with Gasteiger partial charge in [-0.15, -0.1) is 0 Å². The van der Waals surface area contributed by atoms with Crippen molar-refractivity contribution < 1.29 is 4.79 Å². The standard InChI is InChI=1S/C27H26N6O2/c1-17-8-9-23(30-15-17)20-12-21(26(34)31-19(3)18(2)16-29-11-10-28)14-22(13-20)33-25-7-5-4-6-24(25)32-27(33)35/h4-16,19H,2,28H2,1,3H3,(H,31,34)(H,32,35)/b11-10-,29-16?. The molecule has 0 saturated carbocycles. The number of aromatic amines is 1. The van der Waals surface area contributed by atoms with Gasteiger partial charge in [0.15, 0.2) is 0 Å². The van der Waals surface area contributed by atoms with Crippen molar-refractivity contribution in [2.75, 3.05) is 0 Å². The molecule has 8 heteroatoms. The summed E-state index contributed by atoms with van der Waals surface area (Å²) >= 11 is 0. The van der Waals surface area contributed by atoms with Crippen LogP contribution in [0.5, 0.6) is 0 Å². The van der Waals surface area contributed by atoms with Crippen LogP contribution in [0.1, 0.15) is 22.8 Å². The number of benzene rings is 2. The van der Waals surface area contributed by atoms with Crippen LogP contribution in [-0.2, 0) is 0 Å². The molecule has 4 rings (SSSR count). The van der Waals surface area contributed by atoms with Gasteiger partial charge in [-0.3, -0.25) is 19.3 Å². The molecule has 2 aromatic carbocycles. The van der Waals surface area contributed by atoms with Gasteiger partial charge in [0.1, 0.15) is 0 Å². The Bertz CT molecular complexity index is 1510. The van der Waals surface area contributed by atoms with E-state index in [-0.39, 0.29) is 17.6 Å². The minimum atomic E-state index is -0.377. The number of pyridine rings is 1. The molecular formula is C27H26N6O2. The second-order valence-electron chi connectivity index (χ2n) is 8.16. The number of aliphatic imine (C=N–C) groups is 1. The molecule has 0 aliphatic heterocycles. The number of nitrogens with two attached hydrogens (primary N) is 1. The van der Waals surface area contributed by atoms with E-state index < -0.39 is 0 Å². The summed E-state index contributed by atoms with van der Waals surface area (Å²) in [6, 6.07) is 16.2. The van der Waals surface area contributed by atoms with Crippen LogP contribution >= 0.6 is 0 Å². The summed E-state index contributed by atoms with van der Waals surface area (Å²) in [5.74, 6) is -0.315. The van der Waals surface area contributed by atoms with E-state index in [1.165, 1.54) is 18.6 Å². The fourth-order valence-corrected chi connectivity index (χ4v) is 3.64. The third-order valence-corrected chi connectivity index (χ3v) is 5.55. The van der Waals surface area contributed by atoms with Crippen LogP contribution < -0.4 is 16.7 Å². The SMILES string of the molecule is C=C(C=N/C=C\N)C(C)NC(=O)c1cc(-c2ccc(C)cn2)cc(-n2c(=O)[nH]c3ccccc32)c1. The monoisotopic (exact) mass is 466 g/mol. The zero-order chi connectivity index (χ0) is 24.9. The highest BCUT2D eigenvalue weighted by molar-refractivity contribution is 5.97. The van der Waals surface area contributed by atoms with Crippen molar-refractivity contribution in [2.24, 2.45) is 10.7 Å². The van der Waals surface area contributed by atoms with Gasteiger partial charge in [0.25, 0.3) is 5.91 Å². The van der Waals surface area contributed by atoms with Crippen molar-refractivity contribution in [3.63, 3.8) is 0 Å². The number of para-hydroxylation sites is 2. The number of H-pyrrole nitrogens is 1. The molecule has 0 radical (unpaired) electrons. The molecule has 2 heterocycles. The molecular weight excluding hydrogens is 440 g/mol. The van der Waals surface area contributed by atoms with Crippen LogP contribution in [0.3, 0.4) is 0 Å². The number of aryl methyl sites for hydroxylation is 1. The molecule has 2 aromatic heterocycles. The number of carbonyl (C=O) groups is 1. The summed E-state index contributed by atoms with van der Waals surface area (Å²) in [4.78, 5) is 37.5. The Morgan fingerprint density at radius 3 is 2.77 bits per heavy atom. The van der Waals surface area contributed by atoms with E-state index in [1.54, 1.807) is 22.9 Å². The summed E-state index contributed by atoms with van der Waals surface area (Å²) < 4.78 is 1.55. The van der Waals surface area contributed by atoms with Crippen molar-refractivity contribution in [1.82, 2.24) is 19.9 Å². The minimum absolute atomic E-state index is 0.294. The highest BCUT2D eigenvalue weighted by Crippen LogP contribution is 2.25. The first-order chi connectivity index (χ1) is 16.9. The van der Waals surface area contributed by atoms with Gasteiger partial charge in [-0.1, -0.05) is 24.8 Å². The van der Waals surface area contributed by atoms with Gasteiger partial charge < -0.3 is 16.0 Å². The highest BCUT2D eigenvalue weighted by Gasteiger charge is 2.17. The van der Waals surface area contributed by atoms with Gasteiger partial charge >= 0.3 is 5.69 Å². The smallest absolute Gasteiger partial charge is 0.331 e. The molecule has 0 aliphatic carbocycles. The van der Waals surface area contributed by atoms with Crippen molar-refractivity contribution in [3.8, 4) is 16.9 Å². The molecule has 0 bridgehead atoms. The van der Waals surface area contributed by atoms with E-state index in [1.807, 2.05) is 56.3 Å². The lowest BCUT2D eigenvalue weighted by atomic mass is 10.0. The molecule has 35 heavy (non-hydrogen) atoms. The van der Waals surface area contributed by atoms with Crippen LogP contribution in [0.2, 0.25) is 0 Å². The maximum Gasteiger partial charge on any atom is 0.331 e. The zero-order valence-corrected chi connectivity index (χ0v) is 19.5. The average molecular weight is 467 g/mol. The number of aromatic nitrogens is 3. The maximum absolute atomic E-state index is 13.3. The largest absolute Gasteiger partial charge is 0.403 e. The normalized spacial score (nSPS) is 12.4. The van der Waals surface area contributed by atoms with Gasteiger partial charge in [-0.2, -0.15) is 0 Å². The lowest BCUT2D eigenvalue weighted by Crippen LogP contribution is -2.34. The lowest BCUT2D eigenvalue weighted by molar-refractivity contribution is 0.0946. The van der Waals surface area contributed by atoms with Gasteiger partial charge in [-0.25, -0.2) is 4.79 Å². The first-order valence-electron chi connectivity index (χ1n) is 11.0. The predicted octanol–water partition coefficient (Wildman–Crippen LogP) is 3.86. The topological polar surface area (TPSA) is 118 Å². The Morgan fingerprint density at radius 2 is 2.03 bits per heavy atom. The first-order valence-corrected chi connectivity index (χ1v) is 11.0. The molecule has 176 valence electrons. The Morgan fingerprint density at radius 1 is 1.23 bits per heavy atom. The third-order valence-electron chi connectivity index (χ3n) is 5.55. The Balaban J connectivity index is 1.78. The number of imidazole rings is 1. The van der Waals surface area contributed by atoms with E-state index in [9.17, 15) is 9.59 Å². The summed E-state index contributed by atoms with van der Waals surface area (Å²) in [6.45, 7) is 7.72. The van der Waals surface area contributed by atoms with Crippen LogP contribution in [-0.4, -0.2) is 32.7 Å². The number of nitrogens with zero attached hydrogens (tertiary/aromatic N) is 3. The number of carbonyl (C=O) groups excluding carboxylic acids is 1. The van der Waals surface area contributed by atoms with E-state index in [0.29, 0.717) is 39.1 Å². The molecule has 0 saturated heterocycles. The molecule has 0 spiro atoms. The van der Waals surface area contributed by atoms with Crippen LogP contribution in [0, 0.1) is 6.92 Å². The molecule has 1 atom stereocenters. The van der Waals surface area contributed by atoms with Gasteiger partial charge in [0.05, 0.1) is 28.5 Å². The van der Waals surface area contributed by atoms with Gasteiger partial charge in [-0.05, 0) is 61.4 Å². The zero-order valence-electron chi connectivity index (χ0n) is 19.5. The van der Waals surface area contributed by atoms with E-state index in [0.717, 1.165) is 5.56 Å². The van der Waals surface area contributed by atoms with Crippen LogP contribution in [0.25, 0.3) is 28.0 Å². The predicted molar refractivity (Wildman–Crippen MR) is 140 cm³/mol. The summed E-state index contributed by atoms with van der Waals surface area (Å²) in [5, 5.41) is 2.93. The Kier molecular flexibility index (Phi) is 6.73. The fraction of sp³-hybridized carbons (Fsp3) is 0.111. The summed E-state index contributed by atoms with van der Waals surface area (Å²) in [7, 11) is 0. The number of fused-ring (bicyclic) bond motifs is 1. The maximum atomic E-state index is 13.3. The number of amides is 1. The Labute approximate surface area is 202 Å². The fourth-order valence-electron chi connectivity index (χ4n) is 3.64. The van der Waals surface area contributed by atoms with Crippen LogP contribution in [0.15, 0.2) is 95.1 Å².